The molecule has 0 saturated carbocycles. The van der Waals surface area contributed by atoms with E-state index in [-0.39, 0.29) is 11.9 Å². The van der Waals surface area contributed by atoms with E-state index in [0.29, 0.717) is 17.2 Å². The second kappa shape index (κ2) is 6.87. The summed E-state index contributed by atoms with van der Waals surface area (Å²) in [7, 11) is 3.45. The van der Waals surface area contributed by atoms with Gasteiger partial charge in [0, 0.05) is 24.8 Å². The third kappa shape index (κ3) is 3.45. The SMILES string of the molecule is CNC(CC1CCOCC1)c1c(F)cccc1OC. The molecule has 2 rings (SSSR count). The Bertz CT molecular complexity index is 405. The molecular formula is C15H22FNO2. The van der Waals surface area contributed by atoms with E-state index in [9.17, 15) is 4.39 Å². The van der Waals surface area contributed by atoms with Crippen molar-refractivity contribution in [1.29, 1.82) is 0 Å². The Kier molecular flexibility index (Phi) is 5.16. The van der Waals surface area contributed by atoms with Gasteiger partial charge in [-0.2, -0.15) is 0 Å². The summed E-state index contributed by atoms with van der Waals surface area (Å²) in [6.45, 7) is 1.63. The fourth-order valence-electron chi connectivity index (χ4n) is 2.73. The van der Waals surface area contributed by atoms with Gasteiger partial charge in [0.1, 0.15) is 11.6 Å². The molecular weight excluding hydrogens is 245 g/mol. The van der Waals surface area contributed by atoms with Crippen LogP contribution in [0.1, 0.15) is 30.9 Å². The van der Waals surface area contributed by atoms with Crippen molar-refractivity contribution in [3.63, 3.8) is 0 Å². The minimum atomic E-state index is -0.203. The number of halogens is 1. The zero-order chi connectivity index (χ0) is 13.7. The Morgan fingerprint density at radius 2 is 2.16 bits per heavy atom. The Labute approximate surface area is 114 Å². The van der Waals surface area contributed by atoms with Gasteiger partial charge in [0.15, 0.2) is 0 Å². The van der Waals surface area contributed by atoms with Crippen molar-refractivity contribution in [2.45, 2.75) is 25.3 Å². The third-order valence-electron chi connectivity index (χ3n) is 3.84. The lowest BCUT2D eigenvalue weighted by Gasteiger charge is -2.27. The maximum absolute atomic E-state index is 14.1. The highest BCUT2D eigenvalue weighted by Crippen LogP contribution is 2.33. The molecule has 19 heavy (non-hydrogen) atoms. The predicted octanol–water partition coefficient (Wildman–Crippen LogP) is 2.91. The van der Waals surface area contributed by atoms with Gasteiger partial charge in [-0.05, 0) is 44.4 Å². The fraction of sp³-hybridized carbons (Fsp3) is 0.600. The van der Waals surface area contributed by atoms with Crippen LogP contribution in [0.25, 0.3) is 0 Å². The van der Waals surface area contributed by atoms with Crippen LogP contribution in [0, 0.1) is 11.7 Å². The van der Waals surface area contributed by atoms with Gasteiger partial charge in [0.05, 0.1) is 7.11 Å². The van der Waals surface area contributed by atoms with Gasteiger partial charge in [0.25, 0.3) is 0 Å². The van der Waals surface area contributed by atoms with Crippen molar-refractivity contribution in [2.24, 2.45) is 5.92 Å². The minimum Gasteiger partial charge on any atom is -0.496 e. The van der Waals surface area contributed by atoms with Crippen molar-refractivity contribution < 1.29 is 13.9 Å². The highest BCUT2D eigenvalue weighted by Gasteiger charge is 2.24. The van der Waals surface area contributed by atoms with E-state index < -0.39 is 0 Å². The summed E-state index contributed by atoms with van der Waals surface area (Å²) in [4.78, 5) is 0. The molecule has 1 aliphatic heterocycles. The molecule has 0 amide bonds. The first-order valence-electron chi connectivity index (χ1n) is 6.83. The molecule has 0 aliphatic carbocycles. The molecule has 0 bridgehead atoms. The van der Waals surface area contributed by atoms with Gasteiger partial charge in [-0.1, -0.05) is 6.07 Å². The smallest absolute Gasteiger partial charge is 0.131 e. The summed E-state index contributed by atoms with van der Waals surface area (Å²) in [5, 5.41) is 3.22. The van der Waals surface area contributed by atoms with Gasteiger partial charge in [-0.25, -0.2) is 4.39 Å². The van der Waals surface area contributed by atoms with Crippen molar-refractivity contribution in [1.82, 2.24) is 5.32 Å². The standard InChI is InChI=1S/C15H22FNO2/c1-17-13(10-11-6-8-19-9-7-11)15-12(16)4-3-5-14(15)18-2/h3-5,11,13,17H,6-10H2,1-2H3. The molecule has 1 unspecified atom stereocenters. The fourth-order valence-corrected chi connectivity index (χ4v) is 2.73. The highest BCUT2D eigenvalue weighted by atomic mass is 19.1. The molecule has 1 aromatic rings. The molecule has 0 radical (unpaired) electrons. The summed E-state index contributed by atoms with van der Waals surface area (Å²) in [5.74, 6) is 0.993. The molecule has 1 aromatic carbocycles. The zero-order valence-electron chi connectivity index (χ0n) is 11.6. The van der Waals surface area contributed by atoms with Crippen LogP contribution in [0.2, 0.25) is 0 Å². The largest absolute Gasteiger partial charge is 0.496 e. The van der Waals surface area contributed by atoms with Gasteiger partial charge in [-0.15, -0.1) is 0 Å². The molecule has 1 aliphatic rings. The van der Waals surface area contributed by atoms with Gasteiger partial charge in [-0.3, -0.25) is 0 Å². The lowest BCUT2D eigenvalue weighted by Crippen LogP contribution is -2.25. The maximum Gasteiger partial charge on any atom is 0.131 e. The lowest BCUT2D eigenvalue weighted by atomic mass is 9.89. The Morgan fingerprint density at radius 3 is 2.79 bits per heavy atom. The first-order valence-corrected chi connectivity index (χ1v) is 6.83. The third-order valence-corrected chi connectivity index (χ3v) is 3.84. The second-order valence-corrected chi connectivity index (χ2v) is 4.99. The first-order chi connectivity index (χ1) is 9.26. The van der Waals surface area contributed by atoms with E-state index in [1.807, 2.05) is 13.1 Å². The molecule has 1 atom stereocenters. The first kappa shape index (κ1) is 14.3. The molecule has 1 N–H and O–H groups in total. The van der Waals surface area contributed by atoms with Gasteiger partial charge >= 0.3 is 0 Å². The van der Waals surface area contributed by atoms with Crippen LogP contribution in [-0.2, 0) is 4.74 Å². The van der Waals surface area contributed by atoms with Crippen LogP contribution in [0.5, 0.6) is 5.75 Å². The Morgan fingerprint density at radius 1 is 1.42 bits per heavy atom. The van der Waals surface area contributed by atoms with E-state index in [1.165, 1.54) is 6.07 Å². The van der Waals surface area contributed by atoms with Crippen molar-refractivity contribution in [3.8, 4) is 5.75 Å². The molecule has 4 heteroatoms. The number of hydrogen-bond donors (Lipinski definition) is 1. The Hall–Kier alpha value is -1.13. The minimum absolute atomic E-state index is 0.0146. The summed E-state index contributed by atoms with van der Waals surface area (Å²) in [5.41, 5.74) is 0.638. The molecule has 1 heterocycles. The molecule has 0 aromatic heterocycles. The number of nitrogens with one attached hydrogen (secondary N) is 1. The quantitative estimate of drug-likeness (QED) is 0.889. The summed E-state index contributed by atoms with van der Waals surface area (Å²) < 4.78 is 24.7. The molecule has 1 saturated heterocycles. The van der Waals surface area contributed by atoms with E-state index in [0.717, 1.165) is 32.5 Å². The number of ether oxygens (including phenoxy) is 2. The summed E-state index contributed by atoms with van der Waals surface area (Å²) in [6, 6.07) is 4.97. The van der Waals surface area contributed by atoms with Crippen LogP contribution in [0.4, 0.5) is 4.39 Å². The number of methoxy groups -OCH3 is 1. The zero-order valence-corrected chi connectivity index (χ0v) is 11.6. The summed E-state index contributed by atoms with van der Waals surface area (Å²) in [6.07, 6.45) is 3.01. The number of hydrogen-bond acceptors (Lipinski definition) is 3. The van der Waals surface area contributed by atoms with Crippen LogP contribution in [-0.4, -0.2) is 27.4 Å². The van der Waals surface area contributed by atoms with Crippen LogP contribution in [0.15, 0.2) is 18.2 Å². The van der Waals surface area contributed by atoms with Crippen molar-refractivity contribution >= 4 is 0 Å². The summed E-state index contributed by atoms with van der Waals surface area (Å²) >= 11 is 0. The van der Waals surface area contributed by atoms with E-state index in [4.69, 9.17) is 9.47 Å². The second-order valence-electron chi connectivity index (χ2n) is 4.99. The van der Waals surface area contributed by atoms with Crippen LogP contribution in [0.3, 0.4) is 0 Å². The molecule has 0 spiro atoms. The average Bonchev–Trinajstić information content (AvgIpc) is 2.46. The average molecular weight is 267 g/mol. The normalized spacial score (nSPS) is 18.3. The number of benzene rings is 1. The predicted molar refractivity (Wildman–Crippen MR) is 72.9 cm³/mol. The number of rotatable bonds is 5. The van der Waals surface area contributed by atoms with Crippen molar-refractivity contribution in [2.75, 3.05) is 27.4 Å². The van der Waals surface area contributed by atoms with Gasteiger partial charge < -0.3 is 14.8 Å². The van der Waals surface area contributed by atoms with Crippen molar-refractivity contribution in [3.05, 3.63) is 29.6 Å². The maximum atomic E-state index is 14.1. The van der Waals surface area contributed by atoms with Crippen LogP contribution < -0.4 is 10.1 Å². The molecule has 106 valence electrons. The van der Waals surface area contributed by atoms with E-state index >= 15 is 0 Å². The van der Waals surface area contributed by atoms with E-state index in [2.05, 4.69) is 5.32 Å². The monoisotopic (exact) mass is 267 g/mol. The molecule has 1 fully saturated rings. The lowest BCUT2D eigenvalue weighted by molar-refractivity contribution is 0.0606. The van der Waals surface area contributed by atoms with Gasteiger partial charge in [0.2, 0.25) is 0 Å². The highest BCUT2D eigenvalue weighted by molar-refractivity contribution is 5.37. The topological polar surface area (TPSA) is 30.5 Å². The van der Waals surface area contributed by atoms with Crippen LogP contribution >= 0.6 is 0 Å². The van der Waals surface area contributed by atoms with E-state index in [1.54, 1.807) is 13.2 Å². The molecule has 3 nitrogen and oxygen atoms in total. The Balaban J connectivity index is 2.16.